The minimum atomic E-state index is -0.351. The number of halogens is 1. The van der Waals surface area contributed by atoms with Gasteiger partial charge in [0.15, 0.2) is 11.5 Å². The van der Waals surface area contributed by atoms with Crippen molar-refractivity contribution in [2.24, 2.45) is 0 Å². The van der Waals surface area contributed by atoms with Crippen molar-refractivity contribution in [3.05, 3.63) is 45.6 Å². The molecule has 0 bridgehead atoms. The molecule has 1 fully saturated rings. The van der Waals surface area contributed by atoms with Crippen LogP contribution in [0.3, 0.4) is 0 Å². The van der Waals surface area contributed by atoms with Crippen molar-refractivity contribution < 1.29 is 4.74 Å². The highest BCUT2D eigenvalue weighted by Crippen LogP contribution is 2.24. The third-order valence-electron chi connectivity index (χ3n) is 4.01. The maximum Gasteiger partial charge on any atom is 0.332 e. The Morgan fingerprint density at radius 1 is 1.20 bits per heavy atom. The Balaban J connectivity index is 1.96. The monoisotopic (exact) mass is 356 g/mol. The molecule has 0 aliphatic carbocycles. The van der Waals surface area contributed by atoms with E-state index in [1.54, 1.807) is 24.3 Å². The number of rotatable bonds is 2. The number of nitrogens with one attached hydrogen (secondary N) is 1. The van der Waals surface area contributed by atoms with Gasteiger partial charge in [-0.2, -0.15) is 15.2 Å². The number of hydrogen-bond acceptors (Lipinski definition) is 6. The zero-order valence-corrected chi connectivity index (χ0v) is 13.8. The lowest BCUT2D eigenvalue weighted by atomic mass is 10.3. The van der Waals surface area contributed by atoms with Crippen LogP contribution in [-0.2, 0) is 4.74 Å². The SMILES string of the molecule is N#Cc1nc(N2CCOCC2)c2[nH]c(=O)n(-c3ccc(Cl)cc3)c2n1. The Morgan fingerprint density at radius 3 is 2.60 bits per heavy atom. The normalized spacial score (nSPS) is 14.6. The molecule has 1 N–H and O–H groups in total. The van der Waals surface area contributed by atoms with Crippen molar-refractivity contribution in [3.63, 3.8) is 0 Å². The van der Waals surface area contributed by atoms with E-state index in [9.17, 15) is 10.1 Å². The lowest BCUT2D eigenvalue weighted by molar-refractivity contribution is 0.122. The number of nitrogens with zero attached hydrogens (tertiary/aromatic N) is 5. The fraction of sp³-hybridized carbons (Fsp3) is 0.250. The molecule has 1 aliphatic heterocycles. The van der Waals surface area contributed by atoms with Gasteiger partial charge in [-0.25, -0.2) is 9.36 Å². The van der Waals surface area contributed by atoms with Crippen LogP contribution in [0.15, 0.2) is 29.1 Å². The molecule has 0 saturated carbocycles. The average Bonchev–Trinajstić information content (AvgIpc) is 2.98. The summed E-state index contributed by atoms with van der Waals surface area (Å²) < 4.78 is 6.77. The topological polar surface area (TPSA) is 99.8 Å². The fourth-order valence-corrected chi connectivity index (χ4v) is 2.98. The predicted molar refractivity (Wildman–Crippen MR) is 92.2 cm³/mol. The van der Waals surface area contributed by atoms with E-state index in [4.69, 9.17) is 16.3 Å². The molecule has 4 rings (SSSR count). The van der Waals surface area contributed by atoms with Crippen LogP contribution >= 0.6 is 11.6 Å². The van der Waals surface area contributed by atoms with Gasteiger partial charge in [-0.3, -0.25) is 0 Å². The van der Waals surface area contributed by atoms with E-state index < -0.39 is 0 Å². The summed E-state index contributed by atoms with van der Waals surface area (Å²) in [6.07, 6.45) is 0. The van der Waals surface area contributed by atoms with Gasteiger partial charge < -0.3 is 14.6 Å². The lowest BCUT2D eigenvalue weighted by Gasteiger charge is -2.27. The van der Waals surface area contributed by atoms with Crippen LogP contribution in [0.2, 0.25) is 5.02 Å². The number of imidazole rings is 1. The molecule has 8 nitrogen and oxygen atoms in total. The number of anilines is 1. The number of hydrogen-bond donors (Lipinski definition) is 1. The zero-order chi connectivity index (χ0) is 17.4. The molecule has 0 unspecified atom stereocenters. The van der Waals surface area contributed by atoms with Gasteiger partial charge in [0.05, 0.1) is 18.9 Å². The second kappa shape index (κ2) is 6.20. The second-order valence-electron chi connectivity index (χ2n) is 5.52. The second-order valence-corrected chi connectivity index (χ2v) is 5.96. The Kier molecular flexibility index (Phi) is 3.87. The molecule has 1 saturated heterocycles. The highest BCUT2D eigenvalue weighted by Gasteiger charge is 2.22. The van der Waals surface area contributed by atoms with Crippen LogP contribution in [0.25, 0.3) is 16.9 Å². The molecule has 0 amide bonds. The Labute approximate surface area is 147 Å². The average molecular weight is 357 g/mol. The first kappa shape index (κ1) is 15.6. The Bertz CT molecular complexity index is 1030. The maximum absolute atomic E-state index is 12.5. The molecule has 3 aromatic rings. The molecule has 2 aromatic heterocycles. The first-order valence-corrected chi connectivity index (χ1v) is 8.06. The van der Waals surface area contributed by atoms with Crippen molar-refractivity contribution in [2.75, 3.05) is 31.2 Å². The van der Waals surface area contributed by atoms with E-state index >= 15 is 0 Å². The van der Waals surface area contributed by atoms with Crippen LogP contribution in [0.5, 0.6) is 0 Å². The molecular formula is C16H13ClN6O2. The fourth-order valence-electron chi connectivity index (χ4n) is 2.85. The first-order chi connectivity index (χ1) is 12.2. The number of H-pyrrole nitrogens is 1. The molecule has 0 radical (unpaired) electrons. The summed E-state index contributed by atoms with van der Waals surface area (Å²) in [6, 6.07) is 8.79. The van der Waals surface area contributed by atoms with Crippen LogP contribution in [-0.4, -0.2) is 45.8 Å². The van der Waals surface area contributed by atoms with E-state index in [0.29, 0.717) is 54.0 Å². The van der Waals surface area contributed by atoms with Gasteiger partial charge in [-0.15, -0.1) is 0 Å². The molecular weight excluding hydrogens is 344 g/mol. The molecule has 1 aromatic carbocycles. The summed E-state index contributed by atoms with van der Waals surface area (Å²) >= 11 is 5.92. The third-order valence-corrected chi connectivity index (χ3v) is 4.27. The summed E-state index contributed by atoms with van der Waals surface area (Å²) in [5.41, 5.74) is 1.12. The number of aromatic nitrogens is 4. The number of nitriles is 1. The number of benzene rings is 1. The smallest absolute Gasteiger partial charge is 0.332 e. The summed E-state index contributed by atoms with van der Waals surface area (Å²) in [5.74, 6) is 0.547. The van der Waals surface area contributed by atoms with E-state index in [1.807, 2.05) is 11.0 Å². The van der Waals surface area contributed by atoms with E-state index in [-0.39, 0.29) is 11.5 Å². The number of fused-ring (bicyclic) bond motifs is 1. The number of aromatic amines is 1. The highest BCUT2D eigenvalue weighted by atomic mass is 35.5. The zero-order valence-electron chi connectivity index (χ0n) is 13.1. The van der Waals surface area contributed by atoms with Crippen molar-refractivity contribution in [1.82, 2.24) is 19.5 Å². The maximum atomic E-state index is 12.5. The van der Waals surface area contributed by atoms with Crippen molar-refractivity contribution in [2.45, 2.75) is 0 Å². The van der Waals surface area contributed by atoms with Crippen molar-refractivity contribution >= 4 is 28.6 Å². The Hall–Kier alpha value is -2.89. The lowest BCUT2D eigenvalue weighted by Crippen LogP contribution is -2.37. The van der Waals surface area contributed by atoms with Gasteiger partial charge >= 0.3 is 5.69 Å². The number of ether oxygens (including phenoxy) is 1. The van der Waals surface area contributed by atoms with Gasteiger partial charge in [0.2, 0.25) is 5.82 Å². The van der Waals surface area contributed by atoms with Gasteiger partial charge in [0.1, 0.15) is 11.6 Å². The van der Waals surface area contributed by atoms with Gasteiger partial charge in [-0.1, -0.05) is 11.6 Å². The van der Waals surface area contributed by atoms with Gasteiger partial charge in [0, 0.05) is 18.1 Å². The van der Waals surface area contributed by atoms with Crippen molar-refractivity contribution in [1.29, 1.82) is 5.26 Å². The molecule has 0 spiro atoms. The molecule has 9 heteroatoms. The van der Waals surface area contributed by atoms with Crippen LogP contribution in [0.1, 0.15) is 5.82 Å². The minimum absolute atomic E-state index is 0.00991. The van der Waals surface area contributed by atoms with E-state index in [2.05, 4.69) is 15.0 Å². The molecule has 25 heavy (non-hydrogen) atoms. The molecule has 3 heterocycles. The molecule has 0 atom stereocenters. The largest absolute Gasteiger partial charge is 0.378 e. The van der Waals surface area contributed by atoms with Crippen LogP contribution in [0.4, 0.5) is 5.82 Å². The van der Waals surface area contributed by atoms with Crippen molar-refractivity contribution in [3.8, 4) is 11.8 Å². The highest BCUT2D eigenvalue weighted by molar-refractivity contribution is 6.30. The third kappa shape index (κ3) is 2.73. The van der Waals surface area contributed by atoms with Crippen LogP contribution < -0.4 is 10.6 Å². The number of morpholine rings is 1. The standard InChI is InChI=1S/C16H13ClN6O2/c17-10-1-3-11(4-2-10)23-15-13(21-16(23)24)14(19-12(9-18)20-15)22-5-7-25-8-6-22/h1-4H,5-8H2,(H,21,24). The Morgan fingerprint density at radius 2 is 1.92 bits per heavy atom. The van der Waals surface area contributed by atoms with Gasteiger partial charge in [0.25, 0.3) is 0 Å². The first-order valence-electron chi connectivity index (χ1n) is 7.69. The summed E-state index contributed by atoms with van der Waals surface area (Å²) in [5, 5.41) is 9.86. The summed E-state index contributed by atoms with van der Waals surface area (Å²) in [4.78, 5) is 25.9. The molecule has 1 aliphatic rings. The van der Waals surface area contributed by atoms with E-state index in [0.717, 1.165) is 0 Å². The van der Waals surface area contributed by atoms with Gasteiger partial charge in [-0.05, 0) is 24.3 Å². The van der Waals surface area contributed by atoms with E-state index in [1.165, 1.54) is 4.57 Å². The van der Waals surface area contributed by atoms with Crippen LogP contribution in [0, 0.1) is 11.3 Å². The predicted octanol–water partition coefficient (Wildman–Crippen LogP) is 1.47. The molecule has 126 valence electrons. The quantitative estimate of drug-likeness (QED) is 0.746. The summed E-state index contributed by atoms with van der Waals surface area (Å²) in [6.45, 7) is 2.39. The summed E-state index contributed by atoms with van der Waals surface area (Å²) in [7, 11) is 0. The minimum Gasteiger partial charge on any atom is -0.378 e.